The molecular weight excluding hydrogens is 360 g/mol. The number of carbonyl (C=O) groups is 3. The number of hydrogen-bond acceptors (Lipinski definition) is 4. The topological polar surface area (TPSA) is 86.7 Å². The number of rotatable bonds is 4. The standard InChI is InChI=1S/C13H13BrN2O4S/c14-10-3-1-8(21-10)2-4-11(17)16-6-5-15-13(20)9(16)7-12(18)19/h1-4,9H,5-7H2,(H,15,20)(H,18,19). The zero-order valence-electron chi connectivity index (χ0n) is 10.9. The quantitative estimate of drug-likeness (QED) is 0.780. The molecule has 0 bridgehead atoms. The molecule has 2 rings (SSSR count). The van der Waals surface area contributed by atoms with E-state index in [1.165, 1.54) is 22.3 Å². The molecule has 1 aliphatic heterocycles. The molecule has 1 unspecified atom stereocenters. The van der Waals surface area contributed by atoms with Crippen LogP contribution >= 0.6 is 27.3 Å². The maximum Gasteiger partial charge on any atom is 0.305 e. The van der Waals surface area contributed by atoms with Gasteiger partial charge in [0.25, 0.3) is 0 Å². The van der Waals surface area contributed by atoms with E-state index in [-0.39, 0.29) is 5.91 Å². The third-order valence-corrected chi connectivity index (χ3v) is 4.55. The number of aliphatic carboxylic acids is 1. The Bertz CT molecular complexity index is 599. The van der Waals surface area contributed by atoms with Crippen LogP contribution in [0, 0.1) is 0 Å². The molecule has 1 aromatic rings. The molecule has 0 aliphatic carbocycles. The summed E-state index contributed by atoms with van der Waals surface area (Å²) in [5.74, 6) is -1.90. The van der Waals surface area contributed by atoms with Crippen LogP contribution in [0.5, 0.6) is 0 Å². The second-order valence-corrected chi connectivity index (χ2v) is 6.91. The number of hydrogen-bond donors (Lipinski definition) is 2. The van der Waals surface area contributed by atoms with Gasteiger partial charge in [0.05, 0.1) is 10.2 Å². The summed E-state index contributed by atoms with van der Waals surface area (Å²) >= 11 is 4.81. The lowest BCUT2D eigenvalue weighted by Crippen LogP contribution is -2.57. The number of thiophene rings is 1. The summed E-state index contributed by atoms with van der Waals surface area (Å²) in [5, 5.41) is 11.4. The largest absolute Gasteiger partial charge is 0.481 e. The fourth-order valence-electron chi connectivity index (χ4n) is 2.01. The Kier molecular flexibility index (Phi) is 5.13. The number of carbonyl (C=O) groups excluding carboxylic acids is 2. The van der Waals surface area contributed by atoms with Crippen LogP contribution < -0.4 is 5.32 Å². The first-order valence-electron chi connectivity index (χ1n) is 6.21. The van der Waals surface area contributed by atoms with Gasteiger partial charge in [-0.15, -0.1) is 11.3 Å². The maximum absolute atomic E-state index is 12.2. The smallest absolute Gasteiger partial charge is 0.305 e. The van der Waals surface area contributed by atoms with E-state index >= 15 is 0 Å². The molecule has 0 radical (unpaired) electrons. The highest BCUT2D eigenvalue weighted by Crippen LogP contribution is 2.23. The molecule has 1 saturated heterocycles. The third kappa shape index (κ3) is 4.15. The van der Waals surface area contributed by atoms with E-state index in [0.717, 1.165) is 8.66 Å². The maximum atomic E-state index is 12.2. The number of carboxylic acids is 1. The third-order valence-electron chi connectivity index (χ3n) is 2.97. The Morgan fingerprint density at radius 1 is 1.52 bits per heavy atom. The first-order chi connectivity index (χ1) is 9.97. The van der Waals surface area contributed by atoms with Crippen LogP contribution in [0.15, 0.2) is 22.0 Å². The molecule has 1 fully saturated rings. The number of halogens is 1. The van der Waals surface area contributed by atoms with Crippen molar-refractivity contribution in [3.63, 3.8) is 0 Å². The Morgan fingerprint density at radius 3 is 2.90 bits per heavy atom. The number of nitrogens with zero attached hydrogens (tertiary/aromatic N) is 1. The first-order valence-corrected chi connectivity index (χ1v) is 7.82. The average Bonchev–Trinajstić information content (AvgIpc) is 2.84. The van der Waals surface area contributed by atoms with Crippen molar-refractivity contribution in [2.45, 2.75) is 12.5 Å². The SMILES string of the molecule is O=C(O)CC1C(=O)NCCN1C(=O)C=Cc1ccc(Br)s1. The van der Waals surface area contributed by atoms with Gasteiger partial charge in [-0.05, 0) is 34.1 Å². The molecule has 112 valence electrons. The summed E-state index contributed by atoms with van der Waals surface area (Å²) in [6.07, 6.45) is 2.63. The normalized spacial score (nSPS) is 18.8. The Morgan fingerprint density at radius 2 is 2.29 bits per heavy atom. The van der Waals surface area contributed by atoms with E-state index < -0.39 is 24.3 Å². The predicted molar refractivity (Wildman–Crippen MR) is 81.8 cm³/mol. The van der Waals surface area contributed by atoms with Gasteiger partial charge in [-0.2, -0.15) is 0 Å². The summed E-state index contributed by atoms with van der Waals surface area (Å²) in [6, 6.07) is 2.77. The van der Waals surface area contributed by atoms with Crippen LogP contribution in [0.2, 0.25) is 0 Å². The van der Waals surface area contributed by atoms with E-state index in [4.69, 9.17) is 5.11 Å². The van der Waals surface area contributed by atoms with Crippen molar-refractivity contribution in [2.24, 2.45) is 0 Å². The molecule has 0 saturated carbocycles. The highest BCUT2D eigenvalue weighted by atomic mass is 79.9. The number of carboxylic acid groups (broad SMARTS) is 1. The van der Waals surface area contributed by atoms with Gasteiger partial charge in [-0.3, -0.25) is 14.4 Å². The van der Waals surface area contributed by atoms with Crippen LogP contribution in [0.3, 0.4) is 0 Å². The Balaban J connectivity index is 2.09. The number of piperazine rings is 1. The molecule has 0 aromatic carbocycles. The van der Waals surface area contributed by atoms with Crippen molar-refractivity contribution < 1.29 is 19.5 Å². The van der Waals surface area contributed by atoms with E-state index in [1.54, 1.807) is 6.08 Å². The van der Waals surface area contributed by atoms with Gasteiger partial charge in [-0.1, -0.05) is 0 Å². The minimum absolute atomic E-state index is 0.307. The monoisotopic (exact) mass is 372 g/mol. The second-order valence-electron chi connectivity index (χ2n) is 4.41. The molecule has 1 aromatic heterocycles. The molecular formula is C13H13BrN2O4S. The molecule has 2 N–H and O–H groups in total. The van der Waals surface area contributed by atoms with Crippen molar-refractivity contribution in [3.8, 4) is 0 Å². The number of amides is 2. The Labute approximate surface area is 133 Å². The van der Waals surface area contributed by atoms with Crippen LogP contribution in [0.25, 0.3) is 6.08 Å². The van der Waals surface area contributed by atoms with Crippen molar-refractivity contribution in [1.82, 2.24) is 10.2 Å². The lowest BCUT2D eigenvalue weighted by atomic mass is 10.1. The molecule has 0 spiro atoms. The molecule has 2 heterocycles. The van der Waals surface area contributed by atoms with Gasteiger partial charge < -0.3 is 15.3 Å². The van der Waals surface area contributed by atoms with Crippen molar-refractivity contribution >= 4 is 51.1 Å². The van der Waals surface area contributed by atoms with Crippen LogP contribution in [0.1, 0.15) is 11.3 Å². The Hall–Kier alpha value is -1.67. The molecule has 2 amide bonds. The lowest BCUT2D eigenvalue weighted by Gasteiger charge is -2.33. The average molecular weight is 373 g/mol. The van der Waals surface area contributed by atoms with E-state index in [9.17, 15) is 14.4 Å². The summed E-state index contributed by atoms with van der Waals surface area (Å²) in [4.78, 5) is 36.9. The lowest BCUT2D eigenvalue weighted by molar-refractivity contribution is -0.146. The summed E-state index contributed by atoms with van der Waals surface area (Å²) in [7, 11) is 0. The van der Waals surface area contributed by atoms with Crippen LogP contribution in [0.4, 0.5) is 0 Å². The highest BCUT2D eigenvalue weighted by molar-refractivity contribution is 9.11. The first kappa shape index (κ1) is 15.7. The molecule has 21 heavy (non-hydrogen) atoms. The van der Waals surface area contributed by atoms with Gasteiger partial charge in [-0.25, -0.2) is 0 Å². The van der Waals surface area contributed by atoms with Gasteiger partial charge in [0, 0.05) is 24.0 Å². The molecule has 1 aliphatic rings. The fourth-order valence-corrected chi connectivity index (χ4v) is 3.34. The fraction of sp³-hybridized carbons (Fsp3) is 0.308. The van der Waals surface area contributed by atoms with Gasteiger partial charge in [0.15, 0.2) is 0 Å². The van der Waals surface area contributed by atoms with Crippen molar-refractivity contribution in [3.05, 3.63) is 26.9 Å². The second kappa shape index (κ2) is 6.86. The minimum Gasteiger partial charge on any atom is -0.481 e. The zero-order valence-corrected chi connectivity index (χ0v) is 13.3. The van der Waals surface area contributed by atoms with Crippen LogP contribution in [-0.2, 0) is 14.4 Å². The summed E-state index contributed by atoms with van der Waals surface area (Å²) in [6.45, 7) is 0.639. The minimum atomic E-state index is -1.11. The van der Waals surface area contributed by atoms with Gasteiger partial charge in [0.2, 0.25) is 11.8 Å². The molecule has 6 nitrogen and oxygen atoms in total. The van der Waals surface area contributed by atoms with Gasteiger partial charge >= 0.3 is 5.97 Å². The molecule has 1 atom stereocenters. The number of nitrogens with one attached hydrogen (secondary N) is 1. The van der Waals surface area contributed by atoms with E-state index in [0.29, 0.717) is 13.1 Å². The van der Waals surface area contributed by atoms with E-state index in [2.05, 4.69) is 21.2 Å². The zero-order chi connectivity index (χ0) is 15.4. The van der Waals surface area contributed by atoms with Crippen LogP contribution in [-0.4, -0.2) is 46.9 Å². The van der Waals surface area contributed by atoms with Crippen molar-refractivity contribution in [1.29, 1.82) is 0 Å². The van der Waals surface area contributed by atoms with E-state index in [1.807, 2.05) is 12.1 Å². The predicted octanol–water partition coefficient (Wildman–Crippen LogP) is 1.33. The summed E-state index contributed by atoms with van der Waals surface area (Å²) in [5.41, 5.74) is 0. The highest BCUT2D eigenvalue weighted by Gasteiger charge is 2.33. The van der Waals surface area contributed by atoms with Crippen molar-refractivity contribution in [2.75, 3.05) is 13.1 Å². The van der Waals surface area contributed by atoms with Gasteiger partial charge in [0.1, 0.15) is 6.04 Å². The molecule has 8 heteroatoms. The summed E-state index contributed by atoms with van der Waals surface area (Å²) < 4.78 is 0.954.